The molecular formula is C46H77KO7S. The average Bonchev–Trinajstić information content (AvgIpc) is 3.16. The fraction of sp³-hybridized carbons (Fsp3) is 0.739. The number of allylic oxidation sites excluding steroid dienone is 4. The Morgan fingerprint density at radius 2 is 0.800 bits per heavy atom. The van der Waals surface area contributed by atoms with Crippen LogP contribution in [0.25, 0.3) is 0 Å². The van der Waals surface area contributed by atoms with Crippen molar-refractivity contribution in [2.24, 2.45) is 0 Å². The van der Waals surface area contributed by atoms with Crippen molar-refractivity contribution in [2.45, 2.75) is 211 Å². The van der Waals surface area contributed by atoms with E-state index in [9.17, 15) is 22.6 Å². The Balaban J connectivity index is 0.0000292. The number of esters is 2. The zero-order chi connectivity index (χ0) is 39.4. The van der Waals surface area contributed by atoms with Crippen molar-refractivity contribution in [3.05, 3.63) is 53.6 Å². The summed E-state index contributed by atoms with van der Waals surface area (Å²) in [5, 5.41) is 0. The van der Waals surface area contributed by atoms with Gasteiger partial charge in [0.05, 0.1) is 29.2 Å². The molecule has 0 aromatic heterocycles. The van der Waals surface area contributed by atoms with Gasteiger partial charge in [-0.05, 0) is 82.4 Å². The molecule has 0 aliphatic heterocycles. The van der Waals surface area contributed by atoms with Gasteiger partial charge in [0, 0.05) is 0 Å². The quantitative estimate of drug-likeness (QED) is 0.0216. The van der Waals surface area contributed by atoms with Crippen LogP contribution in [0, 0.1) is 0 Å². The number of hydrogen-bond donors (Lipinski definition) is 0. The monoisotopic (exact) mass is 813 g/mol. The van der Waals surface area contributed by atoms with Crippen molar-refractivity contribution >= 4 is 22.1 Å². The Hall–Kier alpha value is -0.814. The molecule has 0 unspecified atom stereocenters. The average molecular weight is 813 g/mol. The molecule has 55 heavy (non-hydrogen) atoms. The van der Waals surface area contributed by atoms with Crippen molar-refractivity contribution in [2.75, 3.05) is 13.2 Å². The predicted octanol–water partition coefficient (Wildman–Crippen LogP) is 10.8. The van der Waals surface area contributed by atoms with Crippen LogP contribution in [0.15, 0.2) is 47.4 Å². The summed E-state index contributed by atoms with van der Waals surface area (Å²) >= 11 is 0. The van der Waals surface area contributed by atoms with Gasteiger partial charge in [0.25, 0.3) is 0 Å². The first-order valence-electron chi connectivity index (χ1n) is 22.0. The Labute approximate surface area is 380 Å². The molecule has 0 spiro atoms. The second-order valence-corrected chi connectivity index (χ2v) is 16.4. The Morgan fingerprint density at radius 1 is 0.491 bits per heavy atom. The normalized spacial score (nSPS) is 11.7. The molecule has 1 rings (SSSR count). The molecule has 9 heteroatoms. The zero-order valence-corrected chi connectivity index (χ0v) is 39.4. The van der Waals surface area contributed by atoms with Gasteiger partial charge < -0.3 is 14.0 Å². The van der Waals surface area contributed by atoms with E-state index in [1.807, 2.05) is 0 Å². The second-order valence-electron chi connectivity index (χ2n) is 15.0. The van der Waals surface area contributed by atoms with Crippen LogP contribution >= 0.6 is 0 Å². The molecule has 0 aliphatic rings. The van der Waals surface area contributed by atoms with E-state index in [1.54, 1.807) is 0 Å². The van der Waals surface area contributed by atoms with Gasteiger partial charge in [-0.15, -0.1) is 0 Å². The van der Waals surface area contributed by atoms with E-state index in [4.69, 9.17) is 9.47 Å². The SMILES string of the molecule is CCCCCCCCCCC/C=C/CCCCCCOC(=O)c1ccc(S(=O)(=O)[O-])cc1C(=O)OCCCCCC/C=C/CCCCCCCCCCC.[K+]. The molecule has 0 saturated heterocycles. The van der Waals surface area contributed by atoms with E-state index in [2.05, 4.69) is 38.2 Å². The Morgan fingerprint density at radius 3 is 1.15 bits per heavy atom. The molecule has 0 heterocycles. The molecule has 0 saturated carbocycles. The smallest absolute Gasteiger partial charge is 0.744 e. The minimum absolute atomic E-state index is 0. The maximum Gasteiger partial charge on any atom is 1.00 e. The minimum atomic E-state index is -4.82. The van der Waals surface area contributed by atoms with Gasteiger partial charge >= 0.3 is 63.3 Å². The first-order chi connectivity index (χ1) is 26.3. The van der Waals surface area contributed by atoms with Crippen LogP contribution in [0.1, 0.15) is 227 Å². The molecule has 0 aliphatic carbocycles. The number of hydrogen-bond acceptors (Lipinski definition) is 7. The zero-order valence-electron chi connectivity index (χ0n) is 35.4. The fourth-order valence-corrected chi connectivity index (χ4v) is 7.06. The van der Waals surface area contributed by atoms with Crippen molar-refractivity contribution in [1.29, 1.82) is 0 Å². The van der Waals surface area contributed by atoms with Crippen LogP contribution < -0.4 is 51.4 Å². The van der Waals surface area contributed by atoms with E-state index in [0.29, 0.717) is 12.8 Å². The van der Waals surface area contributed by atoms with E-state index in [0.717, 1.165) is 82.4 Å². The van der Waals surface area contributed by atoms with Crippen molar-refractivity contribution in [3.63, 3.8) is 0 Å². The molecule has 1 aromatic rings. The number of carbonyl (C=O) groups excluding carboxylic acids is 2. The minimum Gasteiger partial charge on any atom is -0.744 e. The van der Waals surface area contributed by atoms with Gasteiger partial charge in [0.2, 0.25) is 0 Å². The molecule has 0 fully saturated rings. The molecule has 0 amide bonds. The van der Waals surface area contributed by atoms with Gasteiger partial charge in [-0.1, -0.05) is 167 Å². The van der Waals surface area contributed by atoms with Crippen LogP contribution in [0.5, 0.6) is 0 Å². The summed E-state index contributed by atoms with van der Waals surface area (Å²) < 4.78 is 45.7. The van der Waals surface area contributed by atoms with Gasteiger partial charge in [-0.2, -0.15) is 0 Å². The maximum atomic E-state index is 12.9. The van der Waals surface area contributed by atoms with Gasteiger partial charge in [-0.25, -0.2) is 18.0 Å². The number of unbranched alkanes of at least 4 members (excludes halogenated alkanes) is 26. The first-order valence-corrected chi connectivity index (χ1v) is 23.5. The molecule has 7 nitrogen and oxygen atoms in total. The summed E-state index contributed by atoms with van der Waals surface area (Å²) in [4.78, 5) is 25.2. The van der Waals surface area contributed by atoms with Crippen molar-refractivity contribution in [3.8, 4) is 0 Å². The molecule has 0 N–H and O–H groups in total. The Bertz CT molecular complexity index is 1240. The maximum absolute atomic E-state index is 12.9. The number of ether oxygens (including phenoxy) is 2. The topological polar surface area (TPSA) is 110 Å². The summed E-state index contributed by atoms with van der Waals surface area (Å²) in [6, 6.07) is 3.11. The molecule has 1 aromatic carbocycles. The largest absolute Gasteiger partial charge is 1.00 e. The summed E-state index contributed by atoms with van der Waals surface area (Å²) in [6.45, 7) is 4.85. The van der Waals surface area contributed by atoms with E-state index >= 15 is 0 Å². The molecule has 0 bridgehead atoms. The molecule has 310 valence electrons. The third kappa shape index (κ3) is 31.8. The number of carbonyl (C=O) groups is 2. The van der Waals surface area contributed by atoms with Gasteiger partial charge in [0.15, 0.2) is 0 Å². The fourth-order valence-electron chi connectivity index (χ4n) is 6.56. The molecular weight excluding hydrogens is 736 g/mol. The summed E-state index contributed by atoms with van der Waals surface area (Å²) in [5.74, 6) is -1.57. The van der Waals surface area contributed by atoms with Crippen LogP contribution in [-0.2, 0) is 19.6 Å². The third-order valence-corrected chi connectivity index (χ3v) is 10.8. The summed E-state index contributed by atoms with van der Waals surface area (Å²) in [7, 11) is -4.82. The van der Waals surface area contributed by atoms with Crippen LogP contribution in [0.4, 0.5) is 0 Å². The van der Waals surface area contributed by atoms with Crippen LogP contribution in [-0.4, -0.2) is 38.1 Å². The summed E-state index contributed by atoms with van der Waals surface area (Å²) in [6.07, 6.45) is 45.1. The van der Waals surface area contributed by atoms with Crippen molar-refractivity contribution in [1.82, 2.24) is 0 Å². The van der Waals surface area contributed by atoms with Crippen LogP contribution in [0.2, 0.25) is 0 Å². The summed E-state index contributed by atoms with van der Waals surface area (Å²) in [5.41, 5.74) is -0.359. The van der Waals surface area contributed by atoms with Crippen molar-refractivity contribution < 1.29 is 83.4 Å². The molecule has 0 radical (unpaired) electrons. The molecule has 0 atom stereocenters. The second kappa shape index (κ2) is 38.7. The van der Waals surface area contributed by atoms with Gasteiger partial charge in [0.1, 0.15) is 10.1 Å². The first kappa shape index (κ1) is 54.2. The predicted molar refractivity (Wildman–Crippen MR) is 223 cm³/mol. The number of rotatable bonds is 37. The van der Waals surface area contributed by atoms with E-state index < -0.39 is 27.0 Å². The third-order valence-electron chi connectivity index (χ3n) is 10.00. The van der Waals surface area contributed by atoms with E-state index in [1.165, 1.54) is 116 Å². The standard InChI is InChI=1S/C46H78O7S.K/c1-3-5-7-9-11-13-15-17-19-21-23-25-27-29-31-33-35-39-52-45(47)43-38-37-42(54(49,50)51)41-44(43)46(48)53-40-36-34-32-30-28-26-24-22-20-18-16-14-12-10-8-6-4-2;/h23-26,37-38,41H,3-22,27-36,39-40H2,1-2H3,(H,49,50,51);/q;+1/p-1/b25-23+,26-24+;. The Kier molecular flexibility index (Phi) is 38.1. The van der Waals surface area contributed by atoms with Gasteiger partial charge in [-0.3, -0.25) is 0 Å². The number of benzene rings is 1. The van der Waals surface area contributed by atoms with Crippen LogP contribution in [0.3, 0.4) is 0 Å². The van der Waals surface area contributed by atoms with E-state index in [-0.39, 0.29) is 75.7 Å².